The first-order valence-electron chi connectivity index (χ1n) is 10.2. The number of nitrogens with one attached hydrogen (secondary N) is 3. The van der Waals surface area contributed by atoms with Crippen molar-refractivity contribution in [3.05, 3.63) is 69.5 Å². The molecule has 5 rings (SSSR count). The number of hydrogen-bond acceptors (Lipinski definition) is 5. The quantitative estimate of drug-likeness (QED) is 0.306. The summed E-state index contributed by atoms with van der Waals surface area (Å²) in [6.07, 6.45) is 3.40. The molecule has 2 aromatic carbocycles. The van der Waals surface area contributed by atoms with Crippen LogP contribution in [0.25, 0.3) is 11.0 Å². The fourth-order valence-corrected chi connectivity index (χ4v) is 4.34. The zero-order chi connectivity index (χ0) is 24.2. The Labute approximate surface area is 202 Å². The second kappa shape index (κ2) is 8.11. The smallest absolute Gasteiger partial charge is 0.259 e. The van der Waals surface area contributed by atoms with Gasteiger partial charge in [0.15, 0.2) is 0 Å². The molecule has 0 atom stereocenters. The number of pyridine rings is 1. The molecule has 1 aliphatic rings. The van der Waals surface area contributed by atoms with Crippen molar-refractivity contribution in [2.45, 2.75) is 25.9 Å². The predicted molar refractivity (Wildman–Crippen MR) is 126 cm³/mol. The Morgan fingerprint density at radius 1 is 1.18 bits per heavy atom. The molecule has 0 fully saturated rings. The van der Waals surface area contributed by atoms with E-state index in [-0.39, 0.29) is 11.3 Å². The molecule has 0 bridgehead atoms. The Balaban J connectivity index is 1.57. The second-order valence-electron chi connectivity index (χ2n) is 8.43. The summed E-state index contributed by atoms with van der Waals surface area (Å²) in [6.45, 7) is 3.79. The number of hydrogen-bond donors (Lipinski definition) is 3. The van der Waals surface area contributed by atoms with Crippen LogP contribution in [0.2, 0.25) is 10.0 Å². The van der Waals surface area contributed by atoms with Crippen molar-refractivity contribution in [2.75, 3.05) is 10.6 Å². The average molecular weight is 504 g/mol. The van der Waals surface area contributed by atoms with Gasteiger partial charge in [0.05, 0.1) is 38.0 Å². The monoisotopic (exact) mass is 503 g/mol. The Kier molecular flexibility index (Phi) is 5.33. The maximum absolute atomic E-state index is 14.1. The van der Waals surface area contributed by atoms with E-state index in [1.807, 2.05) is 13.8 Å². The van der Waals surface area contributed by atoms with Gasteiger partial charge in [0, 0.05) is 30.4 Å². The first-order valence-corrected chi connectivity index (χ1v) is 10.9. The number of H-pyrrole nitrogens is 1. The summed E-state index contributed by atoms with van der Waals surface area (Å²) in [7, 11) is 0. The maximum Gasteiger partial charge on any atom is 0.259 e. The number of halogens is 4. The summed E-state index contributed by atoms with van der Waals surface area (Å²) in [5, 5.41) is 6.15. The lowest BCUT2D eigenvalue weighted by molar-refractivity contribution is 0.101. The molecular formula is C23H17Cl2F2N5O2. The molecular weight excluding hydrogens is 487 g/mol. The molecule has 4 aromatic rings. The lowest BCUT2D eigenvalue weighted by Crippen LogP contribution is -2.25. The molecule has 1 amide bonds. The first kappa shape index (κ1) is 22.4. The van der Waals surface area contributed by atoms with Crippen molar-refractivity contribution >= 4 is 57.5 Å². The van der Waals surface area contributed by atoms with E-state index in [0.717, 1.165) is 17.7 Å². The molecule has 7 nitrogen and oxygen atoms in total. The van der Waals surface area contributed by atoms with Crippen molar-refractivity contribution in [1.29, 1.82) is 0 Å². The minimum absolute atomic E-state index is 0.149. The van der Waals surface area contributed by atoms with Gasteiger partial charge in [0.25, 0.3) is 5.91 Å². The van der Waals surface area contributed by atoms with Crippen molar-refractivity contribution < 1.29 is 18.3 Å². The third-order valence-corrected chi connectivity index (χ3v) is 5.91. The molecule has 0 spiro atoms. The number of anilines is 3. The van der Waals surface area contributed by atoms with Crippen LogP contribution in [0.3, 0.4) is 0 Å². The maximum atomic E-state index is 14.1. The standard InChI is InChI=1S/C23H17Cl2F2N5O2/c1-23(2)7-12-18-17(30-22(31-18)32-19-13(24)8-28-9-14(19)25)6-11(20(12)34-23)21(33)29-16-4-3-10(26)5-15(16)27/h3-6,8-9H,7H2,1-2H3,(H,29,33)(H2,28,30,31,32). The van der Waals surface area contributed by atoms with Gasteiger partial charge >= 0.3 is 0 Å². The lowest BCUT2D eigenvalue weighted by Gasteiger charge is -2.18. The summed E-state index contributed by atoms with van der Waals surface area (Å²) >= 11 is 12.4. The summed E-state index contributed by atoms with van der Waals surface area (Å²) in [6, 6.07) is 4.46. The number of aromatic nitrogens is 3. The number of aromatic amines is 1. The van der Waals surface area contributed by atoms with Gasteiger partial charge in [-0.05, 0) is 32.0 Å². The van der Waals surface area contributed by atoms with Crippen LogP contribution < -0.4 is 15.4 Å². The largest absolute Gasteiger partial charge is 0.486 e. The molecule has 0 radical (unpaired) electrons. The number of benzene rings is 2. The Morgan fingerprint density at radius 2 is 1.91 bits per heavy atom. The van der Waals surface area contributed by atoms with E-state index in [2.05, 4.69) is 25.6 Å². The Bertz CT molecular complexity index is 1450. The summed E-state index contributed by atoms with van der Waals surface area (Å²) in [5.41, 5.74) is 1.78. The van der Waals surface area contributed by atoms with E-state index in [9.17, 15) is 13.6 Å². The fourth-order valence-electron chi connectivity index (χ4n) is 3.88. The van der Waals surface area contributed by atoms with E-state index in [4.69, 9.17) is 27.9 Å². The summed E-state index contributed by atoms with van der Waals surface area (Å²) in [5.74, 6) is -1.52. The third kappa shape index (κ3) is 4.01. The van der Waals surface area contributed by atoms with E-state index < -0.39 is 23.1 Å². The van der Waals surface area contributed by atoms with Gasteiger partial charge in [-0.25, -0.2) is 13.8 Å². The summed E-state index contributed by atoms with van der Waals surface area (Å²) < 4.78 is 33.4. The minimum Gasteiger partial charge on any atom is -0.486 e. The highest BCUT2D eigenvalue weighted by molar-refractivity contribution is 6.39. The van der Waals surface area contributed by atoms with Gasteiger partial charge in [-0.15, -0.1) is 0 Å². The van der Waals surface area contributed by atoms with Gasteiger partial charge in [-0.2, -0.15) is 0 Å². The molecule has 174 valence electrons. The molecule has 0 saturated heterocycles. The SMILES string of the molecule is CC1(C)Cc2c(c(C(=O)Nc3ccc(F)cc3F)cc3nc(Nc4c(Cl)cncc4Cl)[nH]c23)O1. The molecule has 34 heavy (non-hydrogen) atoms. The average Bonchev–Trinajstić information content (AvgIpc) is 3.31. The van der Waals surface area contributed by atoms with Gasteiger partial charge in [-0.3, -0.25) is 9.78 Å². The number of rotatable bonds is 4. The van der Waals surface area contributed by atoms with Crippen LogP contribution in [-0.2, 0) is 6.42 Å². The molecule has 3 heterocycles. The fraction of sp³-hybridized carbons (Fsp3) is 0.174. The van der Waals surface area contributed by atoms with E-state index in [1.165, 1.54) is 12.4 Å². The summed E-state index contributed by atoms with van der Waals surface area (Å²) in [4.78, 5) is 24.8. The molecule has 0 unspecified atom stereocenters. The number of ether oxygens (including phenoxy) is 1. The van der Waals surface area contributed by atoms with E-state index in [1.54, 1.807) is 6.07 Å². The molecule has 0 saturated carbocycles. The molecule has 3 N–H and O–H groups in total. The van der Waals surface area contributed by atoms with Crippen molar-refractivity contribution in [3.8, 4) is 5.75 Å². The molecule has 1 aliphatic heterocycles. The van der Waals surface area contributed by atoms with Gasteiger partial charge in [-0.1, -0.05) is 23.2 Å². The molecule has 2 aromatic heterocycles. The number of fused-ring (bicyclic) bond motifs is 3. The zero-order valence-corrected chi connectivity index (χ0v) is 19.4. The van der Waals surface area contributed by atoms with Crippen LogP contribution in [-0.4, -0.2) is 26.5 Å². The van der Waals surface area contributed by atoms with Crippen LogP contribution in [0, 0.1) is 11.6 Å². The van der Waals surface area contributed by atoms with Crippen LogP contribution in [0.15, 0.2) is 36.7 Å². The van der Waals surface area contributed by atoms with Crippen LogP contribution in [0.5, 0.6) is 5.75 Å². The molecule has 0 aliphatic carbocycles. The highest BCUT2D eigenvalue weighted by Gasteiger charge is 2.36. The Morgan fingerprint density at radius 3 is 2.62 bits per heavy atom. The van der Waals surface area contributed by atoms with Crippen LogP contribution >= 0.6 is 23.2 Å². The number of carbonyl (C=O) groups is 1. The second-order valence-corrected chi connectivity index (χ2v) is 9.25. The van der Waals surface area contributed by atoms with Crippen molar-refractivity contribution in [3.63, 3.8) is 0 Å². The third-order valence-electron chi connectivity index (χ3n) is 5.33. The van der Waals surface area contributed by atoms with E-state index >= 15 is 0 Å². The van der Waals surface area contributed by atoms with Crippen molar-refractivity contribution in [1.82, 2.24) is 15.0 Å². The topological polar surface area (TPSA) is 91.9 Å². The van der Waals surface area contributed by atoms with Crippen LogP contribution in [0.1, 0.15) is 29.8 Å². The number of carbonyl (C=O) groups excluding carboxylic acids is 1. The van der Waals surface area contributed by atoms with Crippen LogP contribution in [0.4, 0.5) is 26.1 Å². The van der Waals surface area contributed by atoms with Gasteiger partial charge in [0.2, 0.25) is 5.95 Å². The number of nitrogens with zero attached hydrogens (tertiary/aromatic N) is 2. The highest BCUT2D eigenvalue weighted by atomic mass is 35.5. The number of imidazole rings is 1. The number of amides is 1. The van der Waals surface area contributed by atoms with Crippen molar-refractivity contribution in [2.24, 2.45) is 0 Å². The lowest BCUT2D eigenvalue weighted by atomic mass is 9.98. The Hall–Kier alpha value is -3.43. The predicted octanol–water partition coefficient (Wildman–Crippen LogP) is 6.25. The first-order chi connectivity index (χ1) is 16.1. The molecule has 11 heteroatoms. The van der Waals surface area contributed by atoms with Gasteiger partial charge < -0.3 is 20.4 Å². The minimum atomic E-state index is -0.885. The highest BCUT2D eigenvalue weighted by Crippen LogP contribution is 2.43. The zero-order valence-electron chi connectivity index (χ0n) is 17.9. The van der Waals surface area contributed by atoms with E-state index in [0.29, 0.717) is 51.0 Å². The normalized spacial score (nSPS) is 14.1. The van der Waals surface area contributed by atoms with Gasteiger partial charge in [0.1, 0.15) is 23.0 Å².